The van der Waals surface area contributed by atoms with Gasteiger partial charge < -0.3 is 5.73 Å². The molecule has 0 bridgehead atoms. The lowest BCUT2D eigenvalue weighted by Gasteiger charge is -2.20. The van der Waals surface area contributed by atoms with Crippen LogP contribution in [0.2, 0.25) is 5.15 Å². The highest BCUT2D eigenvalue weighted by Crippen LogP contribution is 2.64. The molecule has 2 rings (SSSR count). The molecule has 0 radical (unpaired) electrons. The second-order valence-electron chi connectivity index (χ2n) is 5.14. The first-order chi connectivity index (χ1) is 6.93. The molecule has 1 aromatic heterocycles. The molecular formula is C12H17ClN2. The summed E-state index contributed by atoms with van der Waals surface area (Å²) in [5.74, 6) is 0. The minimum atomic E-state index is 0.0464. The molecule has 1 unspecified atom stereocenters. The molecule has 1 aliphatic rings. The lowest BCUT2D eigenvalue weighted by molar-refractivity contribution is 0.502. The van der Waals surface area contributed by atoms with E-state index in [-0.39, 0.29) is 10.8 Å². The quantitative estimate of drug-likeness (QED) is 0.785. The monoisotopic (exact) mass is 224 g/mol. The highest BCUT2D eigenvalue weighted by atomic mass is 35.5. The molecule has 0 aromatic carbocycles. The molecule has 0 amide bonds. The number of hydrogen-bond acceptors (Lipinski definition) is 2. The molecule has 1 heterocycles. The zero-order chi connectivity index (χ0) is 11.3. The molecule has 82 valence electrons. The van der Waals surface area contributed by atoms with Gasteiger partial charge >= 0.3 is 0 Å². The van der Waals surface area contributed by atoms with E-state index in [1.807, 2.05) is 13.0 Å². The maximum Gasteiger partial charge on any atom is 0.133 e. The van der Waals surface area contributed by atoms with Gasteiger partial charge in [-0.3, -0.25) is 0 Å². The minimum absolute atomic E-state index is 0.0464. The SMILES string of the molecule is Cc1ccc(C2(CN)CC2(C)C)c(Cl)n1. The van der Waals surface area contributed by atoms with Crippen molar-refractivity contribution < 1.29 is 0 Å². The molecule has 1 aromatic rings. The zero-order valence-corrected chi connectivity index (χ0v) is 10.2. The summed E-state index contributed by atoms with van der Waals surface area (Å²) in [5, 5.41) is 0.617. The van der Waals surface area contributed by atoms with Crippen LogP contribution in [-0.2, 0) is 5.41 Å². The molecule has 1 saturated carbocycles. The number of pyridine rings is 1. The minimum Gasteiger partial charge on any atom is -0.330 e. The topological polar surface area (TPSA) is 38.9 Å². The van der Waals surface area contributed by atoms with Crippen molar-refractivity contribution in [3.05, 3.63) is 28.5 Å². The fourth-order valence-electron chi connectivity index (χ4n) is 2.51. The van der Waals surface area contributed by atoms with Crippen LogP contribution in [0.25, 0.3) is 0 Å². The third-order valence-electron chi connectivity index (χ3n) is 3.77. The summed E-state index contributed by atoms with van der Waals surface area (Å²) in [4.78, 5) is 4.30. The van der Waals surface area contributed by atoms with Crippen LogP contribution in [0.5, 0.6) is 0 Å². The third kappa shape index (κ3) is 1.47. The second kappa shape index (κ2) is 3.19. The van der Waals surface area contributed by atoms with E-state index in [4.69, 9.17) is 17.3 Å². The maximum atomic E-state index is 6.19. The fourth-order valence-corrected chi connectivity index (χ4v) is 2.89. The predicted octanol–water partition coefficient (Wildman–Crippen LogP) is 2.67. The molecule has 1 aliphatic carbocycles. The fraction of sp³-hybridized carbons (Fsp3) is 0.583. The molecular weight excluding hydrogens is 208 g/mol. The van der Waals surface area contributed by atoms with Gasteiger partial charge in [0.05, 0.1) is 0 Å². The lowest BCUT2D eigenvalue weighted by atomic mass is 9.89. The van der Waals surface area contributed by atoms with Gasteiger partial charge in [-0.1, -0.05) is 31.5 Å². The highest BCUT2D eigenvalue weighted by Gasteiger charge is 2.61. The van der Waals surface area contributed by atoms with Gasteiger partial charge in [-0.05, 0) is 30.4 Å². The van der Waals surface area contributed by atoms with Crippen LogP contribution in [0, 0.1) is 12.3 Å². The van der Waals surface area contributed by atoms with Crippen molar-refractivity contribution in [3.63, 3.8) is 0 Å². The van der Waals surface area contributed by atoms with E-state index in [2.05, 4.69) is 24.9 Å². The van der Waals surface area contributed by atoms with Gasteiger partial charge in [0.25, 0.3) is 0 Å². The van der Waals surface area contributed by atoms with E-state index < -0.39 is 0 Å². The van der Waals surface area contributed by atoms with Crippen LogP contribution in [0.3, 0.4) is 0 Å². The Labute approximate surface area is 95.8 Å². The molecule has 2 nitrogen and oxygen atoms in total. The van der Waals surface area contributed by atoms with E-state index in [0.717, 1.165) is 17.7 Å². The molecule has 2 N–H and O–H groups in total. The summed E-state index contributed by atoms with van der Waals surface area (Å²) in [6.07, 6.45) is 1.10. The largest absolute Gasteiger partial charge is 0.330 e. The average molecular weight is 225 g/mol. The molecule has 1 fully saturated rings. The van der Waals surface area contributed by atoms with Crippen molar-refractivity contribution in [2.45, 2.75) is 32.6 Å². The van der Waals surface area contributed by atoms with E-state index >= 15 is 0 Å². The van der Waals surface area contributed by atoms with Gasteiger partial charge in [0.15, 0.2) is 0 Å². The Bertz CT molecular complexity index is 401. The highest BCUT2D eigenvalue weighted by molar-refractivity contribution is 6.30. The Morgan fingerprint density at radius 1 is 1.47 bits per heavy atom. The summed E-state index contributed by atoms with van der Waals surface area (Å²) in [7, 11) is 0. The van der Waals surface area contributed by atoms with Crippen molar-refractivity contribution in [1.82, 2.24) is 4.98 Å². The summed E-state index contributed by atoms with van der Waals surface area (Å²) >= 11 is 6.19. The number of nitrogens with zero attached hydrogens (tertiary/aromatic N) is 1. The Kier molecular flexibility index (Phi) is 2.32. The molecule has 3 heteroatoms. The summed E-state index contributed by atoms with van der Waals surface area (Å²) in [6.45, 7) is 7.05. The average Bonchev–Trinajstić information content (AvgIpc) is 2.69. The number of aromatic nitrogens is 1. The smallest absolute Gasteiger partial charge is 0.133 e. The van der Waals surface area contributed by atoms with Crippen molar-refractivity contribution in [2.24, 2.45) is 11.1 Å². The maximum absolute atomic E-state index is 6.19. The zero-order valence-electron chi connectivity index (χ0n) is 9.47. The van der Waals surface area contributed by atoms with Gasteiger partial charge in [-0.2, -0.15) is 0 Å². The standard InChI is InChI=1S/C12H17ClN2/c1-8-4-5-9(10(13)15-8)12(7-14)6-11(12,2)3/h4-5H,6-7,14H2,1-3H3. The number of rotatable bonds is 2. The Morgan fingerprint density at radius 2 is 2.07 bits per heavy atom. The first kappa shape index (κ1) is 10.9. The molecule has 1 atom stereocenters. The van der Waals surface area contributed by atoms with Gasteiger partial charge in [0.1, 0.15) is 5.15 Å². The van der Waals surface area contributed by atoms with Crippen molar-refractivity contribution in [3.8, 4) is 0 Å². The second-order valence-corrected chi connectivity index (χ2v) is 5.50. The summed E-state index contributed by atoms with van der Waals surface area (Å²) in [5.41, 5.74) is 8.26. The molecule has 0 spiro atoms. The number of nitrogens with two attached hydrogens (primary N) is 1. The van der Waals surface area contributed by atoms with Crippen LogP contribution in [0.4, 0.5) is 0 Å². The van der Waals surface area contributed by atoms with Gasteiger partial charge in [0.2, 0.25) is 0 Å². The first-order valence-electron chi connectivity index (χ1n) is 5.27. The van der Waals surface area contributed by atoms with E-state index in [0.29, 0.717) is 11.7 Å². The van der Waals surface area contributed by atoms with Crippen LogP contribution in [0.15, 0.2) is 12.1 Å². The first-order valence-corrected chi connectivity index (χ1v) is 5.64. The van der Waals surface area contributed by atoms with Crippen LogP contribution >= 0.6 is 11.6 Å². The van der Waals surface area contributed by atoms with Crippen LogP contribution < -0.4 is 5.73 Å². The van der Waals surface area contributed by atoms with Gasteiger partial charge in [0, 0.05) is 17.7 Å². The third-order valence-corrected chi connectivity index (χ3v) is 4.05. The van der Waals surface area contributed by atoms with Gasteiger partial charge in [-0.25, -0.2) is 4.98 Å². The number of aryl methyl sites for hydroxylation is 1. The molecule has 0 aliphatic heterocycles. The number of hydrogen-bond donors (Lipinski definition) is 1. The number of halogens is 1. The summed E-state index contributed by atoms with van der Waals surface area (Å²) < 4.78 is 0. The van der Waals surface area contributed by atoms with Gasteiger partial charge in [-0.15, -0.1) is 0 Å². The predicted molar refractivity (Wildman–Crippen MR) is 63.1 cm³/mol. The van der Waals surface area contributed by atoms with E-state index in [9.17, 15) is 0 Å². The van der Waals surface area contributed by atoms with Crippen molar-refractivity contribution in [1.29, 1.82) is 0 Å². The summed E-state index contributed by atoms with van der Waals surface area (Å²) in [6, 6.07) is 4.08. The Balaban J connectivity index is 2.46. The Morgan fingerprint density at radius 3 is 2.47 bits per heavy atom. The molecule has 0 saturated heterocycles. The van der Waals surface area contributed by atoms with Crippen molar-refractivity contribution in [2.75, 3.05) is 6.54 Å². The van der Waals surface area contributed by atoms with E-state index in [1.54, 1.807) is 0 Å². The Hall–Kier alpha value is -0.600. The molecule has 15 heavy (non-hydrogen) atoms. The van der Waals surface area contributed by atoms with Crippen LogP contribution in [0.1, 0.15) is 31.5 Å². The lowest BCUT2D eigenvalue weighted by Crippen LogP contribution is -2.26. The van der Waals surface area contributed by atoms with Crippen LogP contribution in [-0.4, -0.2) is 11.5 Å². The van der Waals surface area contributed by atoms with Crippen molar-refractivity contribution >= 4 is 11.6 Å². The van der Waals surface area contributed by atoms with E-state index in [1.165, 1.54) is 0 Å². The normalized spacial score (nSPS) is 27.8.